The lowest BCUT2D eigenvalue weighted by Gasteiger charge is -2.32. The van der Waals surface area contributed by atoms with Crippen LogP contribution >= 0.6 is 0 Å². The van der Waals surface area contributed by atoms with Crippen LogP contribution in [0.25, 0.3) is 0 Å². The summed E-state index contributed by atoms with van der Waals surface area (Å²) in [6.07, 6.45) is 4.85. The summed E-state index contributed by atoms with van der Waals surface area (Å²) in [6, 6.07) is 0.539. The molecule has 134 valence electrons. The Morgan fingerprint density at radius 1 is 1.16 bits per heavy atom. The average Bonchev–Trinajstić information content (AvgIpc) is 3.08. The van der Waals surface area contributed by atoms with Crippen molar-refractivity contribution in [3.63, 3.8) is 0 Å². The van der Waals surface area contributed by atoms with E-state index in [0.29, 0.717) is 24.6 Å². The number of nitrogens with zero attached hydrogens (tertiary/aromatic N) is 6. The molecule has 0 bridgehead atoms. The molecule has 3 heterocycles. The topological polar surface area (TPSA) is 107 Å². The van der Waals surface area contributed by atoms with E-state index in [1.54, 1.807) is 24.1 Å². The second kappa shape index (κ2) is 7.32. The van der Waals surface area contributed by atoms with Gasteiger partial charge in [0.25, 0.3) is 5.91 Å². The molecule has 10 heteroatoms. The van der Waals surface area contributed by atoms with Crippen LogP contribution in [0.5, 0.6) is 12.0 Å². The number of amides is 1. The number of rotatable bonds is 5. The van der Waals surface area contributed by atoms with Crippen LogP contribution in [0.15, 0.2) is 12.4 Å². The number of carbonyl (C=O) groups excluding carboxylic acids is 1. The molecule has 1 aliphatic heterocycles. The first-order chi connectivity index (χ1) is 12.1. The van der Waals surface area contributed by atoms with Crippen molar-refractivity contribution in [1.29, 1.82) is 0 Å². The highest BCUT2D eigenvalue weighted by atomic mass is 16.5. The van der Waals surface area contributed by atoms with E-state index < -0.39 is 0 Å². The number of aryl methyl sites for hydroxylation is 1. The Labute approximate surface area is 145 Å². The van der Waals surface area contributed by atoms with E-state index in [9.17, 15) is 4.79 Å². The second-order valence-corrected chi connectivity index (χ2v) is 5.75. The smallest absolute Gasteiger partial charge is 0.324 e. The molecule has 3 rings (SSSR count). The number of hydrogen-bond donors (Lipinski definition) is 1. The van der Waals surface area contributed by atoms with Gasteiger partial charge in [-0.2, -0.15) is 15.1 Å². The molecule has 1 N–H and O–H groups in total. The van der Waals surface area contributed by atoms with Crippen LogP contribution < -0.4 is 19.7 Å². The second-order valence-electron chi connectivity index (χ2n) is 5.75. The third kappa shape index (κ3) is 3.95. The molecule has 1 amide bonds. The molecule has 2 aromatic rings. The zero-order valence-electron chi connectivity index (χ0n) is 14.5. The van der Waals surface area contributed by atoms with E-state index in [1.807, 2.05) is 4.90 Å². The number of hydrogen-bond acceptors (Lipinski definition) is 8. The Bertz CT molecular complexity index is 718. The molecule has 2 aromatic heterocycles. The number of carbonyl (C=O) groups is 1. The van der Waals surface area contributed by atoms with Crippen molar-refractivity contribution in [1.82, 2.24) is 30.0 Å². The predicted molar refractivity (Wildman–Crippen MR) is 88.8 cm³/mol. The van der Waals surface area contributed by atoms with E-state index >= 15 is 0 Å². The zero-order chi connectivity index (χ0) is 17.8. The number of ether oxygens (including phenoxy) is 2. The number of nitrogens with one attached hydrogen (secondary N) is 1. The van der Waals surface area contributed by atoms with Crippen LogP contribution in [0.1, 0.15) is 23.2 Å². The predicted octanol–water partition coefficient (Wildman–Crippen LogP) is 0.0211. The minimum Gasteiger partial charge on any atom is -0.467 e. The quantitative estimate of drug-likeness (QED) is 0.807. The molecule has 1 saturated heterocycles. The first-order valence-electron chi connectivity index (χ1n) is 7.97. The molecule has 0 spiro atoms. The monoisotopic (exact) mass is 347 g/mol. The average molecular weight is 347 g/mol. The van der Waals surface area contributed by atoms with E-state index in [4.69, 9.17) is 9.47 Å². The first kappa shape index (κ1) is 16.9. The maximum Gasteiger partial charge on any atom is 0.324 e. The summed E-state index contributed by atoms with van der Waals surface area (Å²) < 4.78 is 11.8. The van der Waals surface area contributed by atoms with Crippen molar-refractivity contribution < 1.29 is 14.3 Å². The van der Waals surface area contributed by atoms with Gasteiger partial charge in [0.2, 0.25) is 5.95 Å². The van der Waals surface area contributed by atoms with Gasteiger partial charge in [-0.05, 0) is 12.8 Å². The maximum absolute atomic E-state index is 12.2. The van der Waals surface area contributed by atoms with Crippen molar-refractivity contribution in [2.45, 2.75) is 18.9 Å². The molecule has 0 radical (unpaired) electrons. The highest BCUT2D eigenvalue weighted by Gasteiger charge is 2.24. The highest BCUT2D eigenvalue weighted by molar-refractivity contribution is 5.93. The lowest BCUT2D eigenvalue weighted by Crippen LogP contribution is -2.45. The van der Waals surface area contributed by atoms with Crippen LogP contribution in [-0.2, 0) is 7.05 Å². The Hall–Kier alpha value is -2.91. The molecule has 10 nitrogen and oxygen atoms in total. The molecular formula is C15H21N7O3. The van der Waals surface area contributed by atoms with Gasteiger partial charge in [-0.15, -0.1) is 4.98 Å². The molecule has 0 saturated carbocycles. The van der Waals surface area contributed by atoms with Crippen LogP contribution in [0.4, 0.5) is 5.95 Å². The first-order valence-corrected chi connectivity index (χ1v) is 7.97. The fourth-order valence-electron chi connectivity index (χ4n) is 2.68. The molecule has 1 aliphatic rings. The van der Waals surface area contributed by atoms with Crippen molar-refractivity contribution >= 4 is 11.9 Å². The third-order valence-electron chi connectivity index (χ3n) is 4.03. The summed E-state index contributed by atoms with van der Waals surface area (Å²) in [7, 11) is 4.78. The van der Waals surface area contributed by atoms with Crippen molar-refractivity contribution in [2.75, 3.05) is 32.2 Å². The Kier molecular flexibility index (Phi) is 4.96. The van der Waals surface area contributed by atoms with Crippen LogP contribution in [0.3, 0.4) is 0 Å². The van der Waals surface area contributed by atoms with Gasteiger partial charge in [-0.1, -0.05) is 0 Å². The molecule has 0 aliphatic carbocycles. The van der Waals surface area contributed by atoms with Gasteiger partial charge in [0, 0.05) is 32.4 Å². The van der Waals surface area contributed by atoms with Crippen LogP contribution in [0.2, 0.25) is 0 Å². The Morgan fingerprint density at radius 2 is 1.80 bits per heavy atom. The molecular weight excluding hydrogens is 326 g/mol. The third-order valence-corrected chi connectivity index (χ3v) is 4.03. The van der Waals surface area contributed by atoms with E-state index in [1.165, 1.54) is 14.2 Å². The molecule has 25 heavy (non-hydrogen) atoms. The lowest BCUT2D eigenvalue weighted by molar-refractivity contribution is 0.0931. The van der Waals surface area contributed by atoms with Gasteiger partial charge in [0.1, 0.15) is 0 Å². The highest BCUT2D eigenvalue weighted by Crippen LogP contribution is 2.20. The molecule has 0 atom stereocenters. The van der Waals surface area contributed by atoms with Gasteiger partial charge in [-0.3, -0.25) is 9.48 Å². The minimum atomic E-state index is -0.102. The Balaban J connectivity index is 1.59. The van der Waals surface area contributed by atoms with Crippen molar-refractivity contribution in [2.24, 2.45) is 7.05 Å². The number of methoxy groups -OCH3 is 2. The molecule has 0 unspecified atom stereocenters. The fraction of sp³-hybridized carbons (Fsp3) is 0.533. The van der Waals surface area contributed by atoms with Crippen molar-refractivity contribution in [3.8, 4) is 12.0 Å². The van der Waals surface area contributed by atoms with Gasteiger partial charge >= 0.3 is 12.0 Å². The minimum absolute atomic E-state index is 0.102. The SMILES string of the molecule is COc1nc(OC)nc(N2CCC(NC(=O)c3cnn(C)c3)CC2)n1. The molecule has 0 aromatic carbocycles. The fourth-order valence-corrected chi connectivity index (χ4v) is 2.68. The van der Waals surface area contributed by atoms with E-state index in [-0.39, 0.29) is 24.0 Å². The van der Waals surface area contributed by atoms with E-state index in [2.05, 4.69) is 25.4 Å². The summed E-state index contributed by atoms with van der Waals surface area (Å²) in [5.74, 6) is 0.413. The Morgan fingerprint density at radius 3 is 2.32 bits per heavy atom. The summed E-state index contributed by atoms with van der Waals surface area (Å²) in [5, 5.41) is 7.06. The standard InChI is InChI=1S/C15H21N7O3/c1-21-9-10(8-16-21)12(23)17-11-4-6-22(7-5-11)13-18-14(24-2)20-15(19-13)25-3/h8-9,11H,4-7H2,1-3H3,(H,17,23). The van der Waals surface area contributed by atoms with Crippen molar-refractivity contribution in [3.05, 3.63) is 18.0 Å². The summed E-state index contributed by atoms with van der Waals surface area (Å²) >= 11 is 0. The van der Waals surface area contributed by atoms with Gasteiger partial charge in [-0.25, -0.2) is 0 Å². The number of piperidine rings is 1. The van der Waals surface area contributed by atoms with Gasteiger partial charge in [0.15, 0.2) is 0 Å². The maximum atomic E-state index is 12.2. The summed E-state index contributed by atoms with van der Waals surface area (Å²) in [4.78, 5) is 26.8. The van der Waals surface area contributed by atoms with Gasteiger partial charge < -0.3 is 19.7 Å². The van der Waals surface area contributed by atoms with Crippen LogP contribution in [-0.4, -0.2) is 64.0 Å². The van der Waals surface area contributed by atoms with Crippen LogP contribution in [0, 0.1) is 0 Å². The molecule has 1 fully saturated rings. The summed E-state index contributed by atoms with van der Waals surface area (Å²) in [5.41, 5.74) is 0.567. The zero-order valence-corrected chi connectivity index (χ0v) is 14.5. The number of aromatic nitrogens is 5. The number of anilines is 1. The van der Waals surface area contributed by atoms with Gasteiger partial charge in [0.05, 0.1) is 26.0 Å². The summed E-state index contributed by atoms with van der Waals surface area (Å²) in [6.45, 7) is 1.43. The normalized spacial score (nSPS) is 15.1. The van der Waals surface area contributed by atoms with E-state index in [0.717, 1.165) is 12.8 Å². The lowest BCUT2D eigenvalue weighted by atomic mass is 10.1. The largest absolute Gasteiger partial charge is 0.467 e.